The molecule has 0 radical (unpaired) electrons. The number of rotatable bonds is 4. The highest BCUT2D eigenvalue weighted by Gasteiger charge is 2.43. The molecule has 2 aliphatic rings. The number of nitrogens with one attached hydrogen (secondary N) is 1. The zero-order valence-corrected chi connectivity index (χ0v) is 10.9. The molecule has 1 saturated heterocycles. The molecule has 1 aromatic carbocycles. The maximum atomic E-state index is 13.1. The highest BCUT2D eigenvalue weighted by atomic mass is 19.1. The van der Waals surface area contributed by atoms with Crippen molar-refractivity contribution in [2.45, 2.75) is 43.4 Å². The van der Waals surface area contributed by atoms with Gasteiger partial charge in [0, 0.05) is 25.1 Å². The summed E-state index contributed by atoms with van der Waals surface area (Å²) in [7, 11) is 0. The van der Waals surface area contributed by atoms with E-state index in [-0.39, 0.29) is 5.82 Å². The molecular formula is C15H20FNO2. The highest BCUT2D eigenvalue weighted by molar-refractivity contribution is 5.20. The molecule has 3 rings (SSSR count). The Morgan fingerprint density at radius 3 is 2.89 bits per heavy atom. The quantitative estimate of drug-likeness (QED) is 0.869. The van der Waals surface area contributed by atoms with Gasteiger partial charge < -0.3 is 15.2 Å². The summed E-state index contributed by atoms with van der Waals surface area (Å²) in [5.41, 5.74) is 0.190. The Labute approximate surface area is 112 Å². The third-order valence-corrected chi connectivity index (χ3v) is 4.08. The van der Waals surface area contributed by atoms with Crippen molar-refractivity contribution < 1.29 is 14.2 Å². The van der Waals surface area contributed by atoms with Gasteiger partial charge in [0.25, 0.3) is 0 Å². The number of benzene rings is 1. The van der Waals surface area contributed by atoms with Gasteiger partial charge in [-0.2, -0.15) is 0 Å². The number of aliphatic hydroxyl groups is 1. The lowest BCUT2D eigenvalue weighted by molar-refractivity contribution is -0.0577. The number of halogens is 1. The summed E-state index contributed by atoms with van der Waals surface area (Å²) in [6.45, 7) is 1.61. The van der Waals surface area contributed by atoms with E-state index in [2.05, 4.69) is 5.32 Å². The van der Waals surface area contributed by atoms with Gasteiger partial charge in [-0.15, -0.1) is 0 Å². The zero-order chi connectivity index (χ0) is 13.3. The Bertz CT molecular complexity index is 440. The van der Waals surface area contributed by atoms with Crippen molar-refractivity contribution >= 4 is 0 Å². The van der Waals surface area contributed by atoms with Gasteiger partial charge in [0.05, 0.1) is 12.2 Å². The first-order valence-electron chi connectivity index (χ1n) is 6.94. The van der Waals surface area contributed by atoms with E-state index in [0.29, 0.717) is 18.5 Å². The lowest BCUT2D eigenvalue weighted by atomic mass is 9.72. The first-order valence-corrected chi connectivity index (χ1v) is 6.94. The molecule has 3 nitrogen and oxygen atoms in total. The van der Waals surface area contributed by atoms with Crippen molar-refractivity contribution in [3.05, 3.63) is 35.6 Å². The summed E-state index contributed by atoms with van der Waals surface area (Å²) in [6.07, 6.45) is 3.06. The molecule has 1 unspecified atom stereocenters. The normalized spacial score (nSPS) is 34.2. The van der Waals surface area contributed by atoms with E-state index in [9.17, 15) is 9.50 Å². The zero-order valence-electron chi connectivity index (χ0n) is 10.9. The van der Waals surface area contributed by atoms with E-state index in [0.717, 1.165) is 38.0 Å². The molecule has 1 aromatic rings. The molecule has 4 heteroatoms. The van der Waals surface area contributed by atoms with Crippen LogP contribution in [0.5, 0.6) is 0 Å². The average molecular weight is 265 g/mol. The standard InChI is InChI=1S/C15H20FNO2/c16-12-3-1-2-11(6-12)7-15(18)8-14(9-15)17-13-4-5-19-10-13/h1-3,6,13-14,17-18H,4-5,7-10H2. The van der Waals surface area contributed by atoms with Gasteiger partial charge in [-0.05, 0) is 37.0 Å². The topological polar surface area (TPSA) is 41.5 Å². The maximum absolute atomic E-state index is 13.1. The molecule has 0 aromatic heterocycles. The van der Waals surface area contributed by atoms with Crippen LogP contribution in [0, 0.1) is 5.82 Å². The summed E-state index contributed by atoms with van der Waals surface area (Å²) in [5, 5.41) is 13.9. The van der Waals surface area contributed by atoms with Gasteiger partial charge >= 0.3 is 0 Å². The monoisotopic (exact) mass is 265 g/mol. The molecule has 1 saturated carbocycles. The van der Waals surface area contributed by atoms with Crippen LogP contribution in [0.15, 0.2) is 24.3 Å². The minimum atomic E-state index is -0.676. The van der Waals surface area contributed by atoms with Crippen LogP contribution in [0.1, 0.15) is 24.8 Å². The summed E-state index contributed by atoms with van der Waals surface area (Å²) in [5.74, 6) is -0.238. The van der Waals surface area contributed by atoms with E-state index in [4.69, 9.17) is 4.74 Å². The minimum Gasteiger partial charge on any atom is -0.389 e. The van der Waals surface area contributed by atoms with Crippen LogP contribution in [0.25, 0.3) is 0 Å². The van der Waals surface area contributed by atoms with E-state index in [1.807, 2.05) is 6.07 Å². The minimum absolute atomic E-state index is 0.238. The molecule has 2 fully saturated rings. The molecule has 1 atom stereocenters. The second kappa shape index (κ2) is 5.19. The molecular weight excluding hydrogens is 245 g/mol. The summed E-state index contributed by atoms with van der Waals surface area (Å²) >= 11 is 0. The third-order valence-electron chi connectivity index (χ3n) is 4.08. The second-order valence-corrected chi connectivity index (χ2v) is 5.86. The van der Waals surface area contributed by atoms with Crippen LogP contribution < -0.4 is 5.32 Å². The predicted molar refractivity (Wildman–Crippen MR) is 70.4 cm³/mol. The lowest BCUT2D eigenvalue weighted by Crippen LogP contribution is -2.57. The van der Waals surface area contributed by atoms with E-state index >= 15 is 0 Å². The Balaban J connectivity index is 1.50. The fourth-order valence-corrected chi connectivity index (χ4v) is 3.15. The second-order valence-electron chi connectivity index (χ2n) is 5.86. The number of hydrogen-bond acceptors (Lipinski definition) is 3. The Hall–Kier alpha value is -0.970. The van der Waals surface area contributed by atoms with Gasteiger partial charge in [-0.1, -0.05) is 12.1 Å². The van der Waals surface area contributed by atoms with Crippen LogP contribution in [-0.4, -0.2) is 36.0 Å². The predicted octanol–water partition coefficient (Wildman–Crippen LogP) is 1.64. The van der Waals surface area contributed by atoms with Crippen LogP contribution in [-0.2, 0) is 11.2 Å². The lowest BCUT2D eigenvalue weighted by Gasteiger charge is -2.45. The number of hydrogen-bond donors (Lipinski definition) is 2. The number of ether oxygens (including phenoxy) is 1. The van der Waals surface area contributed by atoms with Gasteiger partial charge in [0.15, 0.2) is 0 Å². The molecule has 104 valence electrons. The van der Waals surface area contributed by atoms with Crippen LogP contribution in [0.4, 0.5) is 4.39 Å². The van der Waals surface area contributed by atoms with Crippen molar-refractivity contribution in [1.29, 1.82) is 0 Å². The van der Waals surface area contributed by atoms with Crippen molar-refractivity contribution in [2.24, 2.45) is 0 Å². The van der Waals surface area contributed by atoms with E-state index in [1.165, 1.54) is 12.1 Å². The van der Waals surface area contributed by atoms with E-state index < -0.39 is 5.60 Å². The molecule has 1 aliphatic carbocycles. The molecule has 0 amide bonds. The Kier molecular flexibility index (Phi) is 3.56. The van der Waals surface area contributed by atoms with Gasteiger partial charge in [0.2, 0.25) is 0 Å². The molecule has 0 spiro atoms. The first-order chi connectivity index (χ1) is 9.13. The summed E-state index contributed by atoms with van der Waals surface area (Å²) in [4.78, 5) is 0. The largest absolute Gasteiger partial charge is 0.389 e. The smallest absolute Gasteiger partial charge is 0.123 e. The maximum Gasteiger partial charge on any atom is 0.123 e. The SMILES string of the molecule is OC1(Cc2cccc(F)c2)CC(NC2CCOC2)C1. The van der Waals surface area contributed by atoms with Crippen LogP contribution >= 0.6 is 0 Å². The van der Waals surface area contributed by atoms with Crippen molar-refractivity contribution in [1.82, 2.24) is 5.32 Å². The highest BCUT2D eigenvalue weighted by Crippen LogP contribution is 2.36. The summed E-state index contributed by atoms with van der Waals surface area (Å²) < 4.78 is 18.4. The average Bonchev–Trinajstić information content (AvgIpc) is 2.79. The molecule has 2 N–H and O–H groups in total. The Morgan fingerprint density at radius 1 is 1.37 bits per heavy atom. The molecule has 0 bridgehead atoms. The van der Waals surface area contributed by atoms with Crippen molar-refractivity contribution in [3.8, 4) is 0 Å². The van der Waals surface area contributed by atoms with Crippen molar-refractivity contribution in [2.75, 3.05) is 13.2 Å². The van der Waals surface area contributed by atoms with Gasteiger partial charge in [0.1, 0.15) is 5.82 Å². The van der Waals surface area contributed by atoms with Crippen LogP contribution in [0.3, 0.4) is 0 Å². The van der Waals surface area contributed by atoms with Crippen molar-refractivity contribution in [3.63, 3.8) is 0 Å². The first kappa shape index (κ1) is 13.0. The molecule has 19 heavy (non-hydrogen) atoms. The van der Waals surface area contributed by atoms with Crippen LogP contribution in [0.2, 0.25) is 0 Å². The molecule has 1 aliphatic heterocycles. The molecule has 1 heterocycles. The Morgan fingerprint density at radius 2 is 2.21 bits per heavy atom. The fourth-order valence-electron chi connectivity index (χ4n) is 3.15. The van der Waals surface area contributed by atoms with Gasteiger partial charge in [-0.25, -0.2) is 4.39 Å². The fraction of sp³-hybridized carbons (Fsp3) is 0.600. The van der Waals surface area contributed by atoms with Gasteiger partial charge in [-0.3, -0.25) is 0 Å². The third kappa shape index (κ3) is 3.14. The van der Waals surface area contributed by atoms with E-state index in [1.54, 1.807) is 6.07 Å². The summed E-state index contributed by atoms with van der Waals surface area (Å²) in [6, 6.07) is 7.29.